The van der Waals surface area contributed by atoms with Crippen molar-refractivity contribution in [3.63, 3.8) is 0 Å². The SMILES string of the molecule is [B]CC(=O)N1C(=O)OC[C@H]1c1ccccc1. The van der Waals surface area contributed by atoms with E-state index in [1.165, 1.54) is 0 Å². The summed E-state index contributed by atoms with van der Waals surface area (Å²) >= 11 is 0. The van der Waals surface area contributed by atoms with Crippen LogP contribution in [-0.4, -0.2) is 31.4 Å². The van der Waals surface area contributed by atoms with Gasteiger partial charge in [-0.1, -0.05) is 30.3 Å². The molecule has 1 aromatic carbocycles. The molecule has 80 valence electrons. The summed E-state index contributed by atoms with van der Waals surface area (Å²) in [4.78, 5) is 24.0. The Kier molecular flexibility index (Phi) is 2.94. The van der Waals surface area contributed by atoms with Gasteiger partial charge >= 0.3 is 6.09 Å². The van der Waals surface area contributed by atoms with E-state index in [-0.39, 0.29) is 19.0 Å². The lowest BCUT2D eigenvalue weighted by Crippen LogP contribution is -2.33. The summed E-state index contributed by atoms with van der Waals surface area (Å²) in [5, 5.41) is 0. The molecule has 2 radical (unpaired) electrons. The smallest absolute Gasteiger partial charge is 0.417 e. The van der Waals surface area contributed by atoms with Gasteiger partial charge in [0, 0.05) is 0 Å². The molecule has 5 heteroatoms. The van der Waals surface area contributed by atoms with Crippen LogP contribution in [0.4, 0.5) is 4.79 Å². The van der Waals surface area contributed by atoms with Crippen molar-refractivity contribution in [1.29, 1.82) is 0 Å². The second-order valence-electron chi connectivity index (χ2n) is 3.47. The molecule has 16 heavy (non-hydrogen) atoms. The summed E-state index contributed by atoms with van der Waals surface area (Å²) in [6, 6.07) is 8.92. The predicted molar refractivity (Wildman–Crippen MR) is 57.9 cm³/mol. The van der Waals surface area contributed by atoms with Gasteiger partial charge in [-0.3, -0.25) is 4.79 Å². The molecule has 2 rings (SSSR count). The van der Waals surface area contributed by atoms with Crippen molar-refractivity contribution in [1.82, 2.24) is 4.90 Å². The molecule has 0 bridgehead atoms. The molecular formula is C11H10BNO3. The molecule has 0 unspecified atom stereocenters. The first-order valence-corrected chi connectivity index (χ1v) is 4.98. The van der Waals surface area contributed by atoms with Gasteiger partial charge in [-0.25, -0.2) is 9.69 Å². The van der Waals surface area contributed by atoms with E-state index in [0.29, 0.717) is 0 Å². The first-order valence-electron chi connectivity index (χ1n) is 4.98. The minimum atomic E-state index is -0.621. The van der Waals surface area contributed by atoms with E-state index < -0.39 is 12.0 Å². The summed E-state index contributed by atoms with van der Waals surface area (Å²) in [6.07, 6.45) is -0.817. The highest BCUT2D eigenvalue weighted by Crippen LogP contribution is 2.27. The number of carbonyl (C=O) groups is 2. The molecule has 0 saturated carbocycles. The van der Waals surface area contributed by atoms with Gasteiger partial charge in [0.2, 0.25) is 5.91 Å². The Morgan fingerprint density at radius 1 is 1.44 bits per heavy atom. The van der Waals surface area contributed by atoms with Crippen molar-refractivity contribution in [2.75, 3.05) is 6.61 Å². The zero-order valence-electron chi connectivity index (χ0n) is 8.63. The van der Waals surface area contributed by atoms with Crippen LogP contribution in [0.2, 0.25) is 6.32 Å². The molecule has 1 fully saturated rings. The van der Waals surface area contributed by atoms with Gasteiger partial charge in [-0.05, 0) is 11.9 Å². The highest BCUT2D eigenvalue weighted by atomic mass is 16.6. The van der Waals surface area contributed by atoms with Crippen LogP contribution in [0.1, 0.15) is 11.6 Å². The third kappa shape index (κ3) is 1.80. The topological polar surface area (TPSA) is 46.6 Å². The van der Waals surface area contributed by atoms with Crippen molar-refractivity contribution < 1.29 is 14.3 Å². The van der Waals surface area contributed by atoms with Gasteiger partial charge in [0.25, 0.3) is 0 Å². The second-order valence-corrected chi connectivity index (χ2v) is 3.47. The van der Waals surface area contributed by atoms with Gasteiger partial charge < -0.3 is 4.74 Å². The molecule has 1 aliphatic rings. The van der Waals surface area contributed by atoms with E-state index in [2.05, 4.69) is 0 Å². The number of rotatable bonds is 2. The number of carbonyl (C=O) groups excluding carboxylic acids is 2. The average molecular weight is 215 g/mol. The molecule has 0 aromatic heterocycles. The average Bonchev–Trinajstić information content (AvgIpc) is 2.71. The summed E-state index contributed by atoms with van der Waals surface area (Å²) in [6.45, 7) is 0.189. The Labute approximate surface area is 94.6 Å². The molecule has 0 spiro atoms. The maximum Gasteiger partial charge on any atom is 0.417 e. The maximum absolute atomic E-state index is 11.5. The predicted octanol–water partition coefficient (Wildman–Crippen LogP) is 1.29. The van der Waals surface area contributed by atoms with Crippen LogP contribution in [0.15, 0.2) is 30.3 Å². The third-order valence-electron chi connectivity index (χ3n) is 2.50. The molecule has 1 aromatic rings. The van der Waals surface area contributed by atoms with Crippen LogP contribution in [0.25, 0.3) is 0 Å². The molecule has 0 N–H and O–H groups in total. The van der Waals surface area contributed by atoms with E-state index in [9.17, 15) is 9.59 Å². The summed E-state index contributed by atoms with van der Waals surface area (Å²) in [7, 11) is 5.26. The van der Waals surface area contributed by atoms with Crippen molar-refractivity contribution in [2.45, 2.75) is 12.4 Å². The van der Waals surface area contributed by atoms with Crippen LogP contribution in [-0.2, 0) is 9.53 Å². The Morgan fingerprint density at radius 2 is 2.12 bits per heavy atom. The van der Waals surface area contributed by atoms with Crippen LogP contribution < -0.4 is 0 Å². The lowest BCUT2D eigenvalue weighted by Gasteiger charge is -2.19. The molecule has 1 saturated heterocycles. The highest BCUT2D eigenvalue weighted by Gasteiger charge is 2.37. The third-order valence-corrected chi connectivity index (χ3v) is 2.50. The largest absolute Gasteiger partial charge is 0.446 e. The number of imide groups is 1. The minimum Gasteiger partial charge on any atom is -0.446 e. The molecule has 4 nitrogen and oxygen atoms in total. The van der Waals surface area contributed by atoms with Gasteiger partial charge in [0.05, 0.1) is 7.85 Å². The number of benzene rings is 1. The van der Waals surface area contributed by atoms with E-state index in [1.807, 2.05) is 30.3 Å². The molecule has 1 atom stereocenters. The number of hydrogen-bond donors (Lipinski definition) is 0. The standard InChI is InChI=1S/C11H10BNO3/c12-6-10(14)13-9(7-16-11(13)15)8-4-2-1-3-5-8/h1-5,9H,6-7H2/t9-/m0/s1. The van der Waals surface area contributed by atoms with Crippen molar-refractivity contribution in [2.24, 2.45) is 0 Å². The van der Waals surface area contributed by atoms with Crippen LogP contribution >= 0.6 is 0 Å². The van der Waals surface area contributed by atoms with E-state index in [1.54, 1.807) is 0 Å². The maximum atomic E-state index is 11.5. The van der Waals surface area contributed by atoms with Gasteiger partial charge in [-0.2, -0.15) is 0 Å². The summed E-state index contributed by atoms with van der Waals surface area (Å²) in [5.41, 5.74) is 0.871. The lowest BCUT2D eigenvalue weighted by atomic mass is 10.0. The van der Waals surface area contributed by atoms with E-state index in [0.717, 1.165) is 10.5 Å². The molecule has 2 amide bonds. The molecule has 1 aliphatic heterocycles. The number of ether oxygens (including phenoxy) is 1. The van der Waals surface area contributed by atoms with Crippen LogP contribution in [0.5, 0.6) is 0 Å². The number of nitrogens with zero attached hydrogens (tertiary/aromatic N) is 1. The fraction of sp³-hybridized carbons (Fsp3) is 0.273. The van der Waals surface area contributed by atoms with Crippen LogP contribution in [0, 0.1) is 0 Å². The van der Waals surface area contributed by atoms with Crippen molar-refractivity contribution >= 4 is 19.8 Å². The quantitative estimate of drug-likeness (QED) is 0.698. The van der Waals surface area contributed by atoms with Gasteiger partial charge in [0.1, 0.15) is 12.6 Å². The molecule has 1 heterocycles. The normalized spacial score (nSPS) is 19.6. The highest BCUT2D eigenvalue weighted by molar-refractivity contribution is 6.21. The zero-order chi connectivity index (χ0) is 11.5. The van der Waals surface area contributed by atoms with Crippen molar-refractivity contribution in [3.05, 3.63) is 35.9 Å². The Morgan fingerprint density at radius 3 is 2.75 bits per heavy atom. The first kappa shape index (κ1) is 10.7. The number of amides is 2. The summed E-state index contributed by atoms with van der Waals surface area (Å²) < 4.78 is 4.87. The van der Waals surface area contributed by atoms with Gasteiger partial charge in [-0.15, -0.1) is 0 Å². The zero-order valence-corrected chi connectivity index (χ0v) is 8.63. The number of hydrogen-bond acceptors (Lipinski definition) is 3. The van der Waals surface area contributed by atoms with E-state index >= 15 is 0 Å². The second kappa shape index (κ2) is 4.39. The fourth-order valence-electron chi connectivity index (χ4n) is 1.72. The Hall–Kier alpha value is -1.78. The van der Waals surface area contributed by atoms with Crippen LogP contribution in [0.3, 0.4) is 0 Å². The number of cyclic esters (lactones) is 1. The van der Waals surface area contributed by atoms with E-state index in [4.69, 9.17) is 12.6 Å². The molecular weight excluding hydrogens is 205 g/mol. The summed E-state index contributed by atoms with van der Waals surface area (Å²) in [5.74, 6) is -0.420. The Balaban J connectivity index is 2.28. The fourth-order valence-corrected chi connectivity index (χ4v) is 1.72. The first-order chi connectivity index (χ1) is 7.74. The lowest BCUT2D eigenvalue weighted by molar-refractivity contribution is -0.126. The monoisotopic (exact) mass is 215 g/mol. The van der Waals surface area contributed by atoms with Crippen molar-refractivity contribution in [3.8, 4) is 0 Å². The van der Waals surface area contributed by atoms with Gasteiger partial charge in [0.15, 0.2) is 0 Å². The molecule has 0 aliphatic carbocycles. The minimum absolute atomic E-state index is 0.189. The Bertz CT molecular complexity index is 407.